The minimum atomic E-state index is -0.753. The van der Waals surface area contributed by atoms with Crippen LogP contribution in [0.25, 0.3) is 0 Å². The van der Waals surface area contributed by atoms with Gasteiger partial charge in [0.2, 0.25) is 0 Å². The van der Waals surface area contributed by atoms with Crippen LogP contribution in [0, 0.1) is 11.3 Å². The first-order chi connectivity index (χ1) is 9.19. The van der Waals surface area contributed by atoms with Crippen LogP contribution in [-0.4, -0.2) is 36.8 Å². The molecule has 0 aliphatic carbocycles. The number of nitrogens with one attached hydrogen (secondary N) is 1. The molecule has 5 heteroatoms. The van der Waals surface area contributed by atoms with E-state index in [1.165, 1.54) is 0 Å². The lowest BCUT2D eigenvalue weighted by atomic mass is 10.1. The summed E-state index contributed by atoms with van der Waals surface area (Å²) in [6, 6.07) is 9.81. The number of piperazine rings is 1. The van der Waals surface area contributed by atoms with Crippen LogP contribution in [0.5, 0.6) is 0 Å². The molecular weight excluding hydrogens is 242 g/mol. The first kappa shape index (κ1) is 13.4. The standard InChI is InChI=1S/C14H17N3O2/c15-9-11-1-4-13(5-2-11)17-8-7-16-12(10-17)3-6-14(18)19/h1-2,4-5,12,16H,3,6-8,10H2,(H,18,19). The number of nitriles is 1. The maximum atomic E-state index is 10.6. The lowest BCUT2D eigenvalue weighted by Gasteiger charge is -2.35. The van der Waals surface area contributed by atoms with Gasteiger partial charge in [0, 0.05) is 37.8 Å². The molecule has 2 N–H and O–H groups in total. The number of benzene rings is 1. The van der Waals surface area contributed by atoms with Gasteiger partial charge in [0.25, 0.3) is 0 Å². The second kappa shape index (κ2) is 6.21. The van der Waals surface area contributed by atoms with Crippen LogP contribution in [0.1, 0.15) is 18.4 Å². The molecule has 2 rings (SSSR count). The van der Waals surface area contributed by atoms with E-state index in [0.717, 1.165) is 25.3 Å². The highest BCUT2D eigenvalue weighted by atomic mass is 16.4. The molecule has 1 heterocycles. The van der Waals surface area contributed by atoms with Gasteiger partial charge in [0.05, 0.1) is 11.6 Å². The van der Waals surface area contributed by atoms with Gasteiger partial charge in [-0.25, -0.2) is 0 Å². The van der Waals surface area contributed by atoms with Crippen LogP contribution in [0.15, 0.2) is 24.3 Å². The van der Waals surface area contributed by atoms with Crippen molar-refractivity contribution in [3.05, 3.63) is 29.8 Å². The highest BCUT2D eigenvalue weighted by molar-refractivity contribution is 5.66. The first-order valence-corrected chi connectivity index (χ1v) is 6.39. The van der Waals surface area contributed by atoms with Crippen molar-refractivity contribution in [2.45, 2.75) is 18.9 Å². The van der Waals surface area contributed by atoms with E-state index in [4.69, 9.17) is 10.4 Å². The molecule has 1 fully saturated rings. The number of carbonyl (C=O) groups is 1. The Kier molecular flexibility index (Phi) is 4.37. The SMILES string of the molecule is N#Cc1ccc(N2CCNC(CCC(=O)O)C2)cc1. The molecule has 1 atom stereocenters. The van der Waals surface area contributed by atoms with Gasteiger partial charge in [-0.3, -0.25) is 4.79 Å². The largest absolute Gasteiger partial charge is 0.481 e. The molecule has 19 heavy (non-hydrogen) atoms. The highest BCUT2D eigenvalue weighted by Gasteiger charge is 2.20. The summed E-state index contributed by atoms with van der Waals surface area (Å²) in [4.78, 5) is 12.8. The predicted octanol–water partition coefficient (Wildman–Crippen LogP) is 1.20. The second-order valence-corrected chi connectivity index (χ2v) is 4.69. The number of hydrogen-bond donors (Lipinski definition) is 2. The first-order valence-electron chi connectivity index (χ1n) is 6.39. The van der Waals surface area contributed by atoms with Crippen LogP contribution >= 0.6 is 0 Å². The highest BCUT2D eigenvalue weighted by Crippen LogP contribution is 2.17. The van der Waals surface area contributed by atoms with Gasteiger partial charge >= 0.3 is 5.97 Å². The van der Waals surface area contributed by atoms with Gasteiger partial charge in [-0.1, -0.05) is 0 Å². The van der Waals surface area contributed by atoms with Gasteiger partial charge in [-0.15, -0.1) is 0 Å². The molecule has 1 saturated heterocycles. The molecule has 1 unspecified atom stereocenters. The summed E-state index contributed by atoms with van der Waals surface area (Å²) in [5.74, 6) is -0.753. The maximum Gasteiger partial charge on any atom is 0.303 e. The molecule has 0 amide bonds. The van der Waals surface area contributed by atoms with Crippen LogP contribution in [-0.2, 0) is 4.79 Å². The number of anilines is 1. The van der Waals surface area contributed by atoms with Crippen LogP contribution in [0.3, 0.4) is 0 Å². The summed E-state index contributed by atoms with van der Waals surface area (Å²) in [6.07, 6.45) is 0.834. The fourth-order valence-electron chi connectivity index (χ4n) is 2.30. The zero-order valence-corrected chi connectivity index (χ0v) is 10.7. The number of nitrogens with zero attached hydrogens (tertiary/aromatic N) is 2. The Morgan fingerprint density at radius 2 is 2.21 bits per heavy atom. The topological polar surface area (TPSA) is 76.4 Å². The van der Waals surface area contributed by atoms with Crippen molar-refractivity contribution in [2.24, 2.45) is 0 Å². The normalized spacial score (nSPS) is 18.9. The number of carboxylic acid groups (broad SMARTS) is 1. The van der Waals surface area contributed by atoms with Crippen LogP contribution < -0.4 is 10.2 Å². The Bertz CT molecular complexity index is 478. The summed E-state index contributed by atoms with van der Waals surface area (Å²) >= 11 is 0. The van der Waals surface area contributed by atoms with Crippen molar-refractivity contribution in [3.8, 4) is 6.07 Å². The Morgan fingerprint density at radius 3 is 2.84 bits per heavy atom. The lowest BCUT2D eigenvalue weighted by molar-refractivity contribution is -0.137. The predicted molar refractivity (Wildman–Crippen MR) is 72.0 cm³/mol. The van der Waals surface area contributed by atoms with Crippen LogP contribution in [0.2, 0.25) is 0 Å². The van der Waals surface area contributed by atoms with Crippen molar-refractivity contribution in [1.82, 2.24) is 5.32 Å². The monoisotopic (exact) mass is 259 g/mol. The molecule has 5 nitrogen and oxygen atoms in total. The summed E-state index contributed by atoms with van der Waals surface area (Å²) in [6.45, 7) is 2.55. The van der Waals surface area contributed by atoms with E-state index in [-0.39, 0.29) is 12.5 Å². The summed E-state index contributed by atoms with van der Waals surface area (Å²) in [7, 11) is 0. The summed E-state index contributed by atoms with van der Waals surface area (Å²) in [5.41, 5.74) is 1.74. The fourth-order valence-corrected chi connectivity index (χ4v) is 2.30. The Balaban J connectivity index is 1.96. The Morgan fingerprint density at radius 1 is 1.47 bits per heavy atom. The Labute approximate surface area is 112 Å². The van der Waals surface area contributed by atoms with E-state index in [1.807, 2.05) is 24.3 Å². The molecule has 100 valence electrons. The van der Waals surface area contributed by atoms with E-state index < -0.39 is 5.97 Å². The molecule has 0 radical (unpaired) electrons. The Hall–Kier alpha value is -2.06. The zero-order chi connectivity index (χ0) is 13.7. The molecular formula is C14H17N3O2. The van der Waals surface area contributed by atoms with Gasteiger partial charge in [-0.05, 0) is 30.7 Å². The van der Waals surface area contributed by atoms with Crippen molar-refractivity contribution < 1.29 is 9.90 Å². The van der Waals surface area contributed by atoms with Crippen molar-refractivity contribution >= 4 is 11.7 Å². The van der Waals surface area contributed by atoms with E-state index in [1.54, 1.807) is 0 Å². The molecule has 1 aromatic rings. The smallest absolute Gasteiger partial charge is 0.303 e. The van der Waals surface area contributed by atoms with Crippen molar-refractivity contribution in [2.75, 3.05) is 24.5 Å². The van der Waals surface area contributed by atoms with Gasteiger partial charge in [0.1, 0.15) is 0 Å². The van der Waals surface area contributed by atoms with Gasteiger partial charge in [-0.2, -0.15) is 5.26 Å². The number of hydrogen-bond acceptors (Lipinski definition) is 4. The quantitative estimate of drug-likeness (QED) is 0.849. The molecule has 1 aliphatic heterocycles. The minimum Gasteiger partial charge on any atom is -0.481 e. The van der Waals surface area contributed by atoms with E-state index in [2.05, 4.69) is 16.3 Å². The third-order valence-corrected chi connectivity index (χ3v) is 3.32. The fraction of sp³-hybridized carbons (Fsp3) is 0.429. The third kappa shape index (κ3) is 3.70. The second-order valence-electron chi connectivity index (χ2n) is 4.69. The molecule has 1 aliphatic rings. The molecule has 0 spiro atoms. The molecule has 1 aromatic carbocycles. The number of rotatable bonds is 4. The van der Waals surface area contributed by atoms with Gasteiger partial charge < -0.3 is 15.3 Å². The average Bonchev–Trinajstić information content (AvgIpc) is 2.45. The molecule has 0 saturated carbocycles. The lowest BCUT2D eigenvalue weighted by Crippen LogP contribution is -2.50. The number of carboxylic acids is 1. The number of aliphatic carboxylic acids is 1. The van der Waals surface area contributed by atoms with E-state index >= 15 is 0 Å². The average molecular weight is 259 g/mol. The van der Waals surface area contributed by atoms with Crippen molar-refractivity contribution in [1.29, 1.82) is 5.26 Å². The van der Waals surface area contributed by atoms with Crippen molar-refractivity contribution in [3.63, 3.8) is 0 Å². The van der Waals surface area contributed by atoms with E-state index in [0.29, 0.717) is 12.0 Å². The maximum absolute atomic E-state index is 10.6. The zero-order valence-electron chi connectivity index (χ0n) is 10.7. The third-order valence-electron chi connectivity index (χ3n) is 3.32. The molecule has 0 aromatic heterocycles. The van der Waals surface area contributed by atoms with Gasteiger partial charge in [0.15, 0.2) is 0 Å². The summed E-state index contributed by atoms with van der Waals surface area (Å²) < 4.78 is 0. The van der Waals surface area contributed by atoms with E-state index in [9.17, 15) is 4.79 Å². The van der Waals surface area contributed by atoms with Crippen LogP contribution in [0.4, 0.5) is 5.69 Å². The minimum absolute atomic E-state index is 0.193. The summed E-state index contributed by atoms with van der Waals surface area (Å²) in [5, 5.41) is 20.8. The molecule has 0 bridgehead atoms.